The summed E-state index contributed by atoms with van der Waals surface area (Å²) in [4.78, 5) is 22.4. The molecular weight excluding hydrogens is 442 g/mol. The Kier molecular flexibility index (Phi) is 6.14. The fourth-order valence-electron chi connectivity index (χ4n) is 3.82. The average Bonchev–Trinajstić information content (AvgIpc) is 3.32. The maximum absolute atomic E-state index is 4.66. The molecule has 1 atom stereocenters. The molecule has 0 amide bonds. The van der Waals surface area contributed by atoms with E-state index in [9.17, 15) is 0 Å². The number of nitrogens with one attached hydrogen (secondary N) is 2. The van der Waals surface area contributed by atoms with Gasteiger partial charge in [0.2, 0.25) is 5.95 Å². The van der Waals surface area contributed by atoms with Crippen LogP contribution in [0.2, 0.25) is 0 Å². The lowest BCUT2D eigenvalue weighted by atomic mass is 10.0. The molecule has 0 saturated heterocycles. The van der Waals surface area contributed by atoms with E-state index in [4.69, 9.17) is 0 Å². The molecular formula is C26H25N7S. The Bertz CT molecular complexity index is 1430. The van der Waals surface area contributed by atoms with Gasteiger partial charge < -0.3 is 10.6 Å². The maximum Gasteiger partial charge on any atom is 0.222 e. The highest BCUT2D eigenvalue weighted by Crippen LogP contribution is 2.28. The van der Waals surface area contributed by atoms with Crippen LogP contribution in [0.25, 0.3) is 32.6 Å². The van der Waals surface area contributed by atoms with E-state index in [-0.39, 0.29) is 6.04 Å². The van der Waals surface area contributed by atoms with Crippen molar-refractivity contribution in [2.24, 2.45) is 0 Å². The monoisotopic (exact) mass is 467 g/mol. The lowest BCUT2D eigenvalue weighted by Gasteiger charge is -2.17. The summed E-state index contributed by atoms with van der Waals surface area (Å²) in [6, 6.07) is 16.7. The number of aryl methyl sites for hydroxylation is 1. The van der Waals surface area contributed by atoms with Crippen molar-refractivity contribution in [2.45, 2.75) is 26.8 Å². The maximum atomic E-state index is 4.66. The van der Waals surface area contributed by atoms with E-state index >= 15 is 0 Å². The Morgan fingerprint density at radius 3 is 2.59 bits per heavy atom. The Hall–Kier alpha value is -3.91. The number of hydrogen-bond acceptors (Lipinski definition) is 8. The van der Waals surface area contributed by atoms with E-state index in [0.717, 1.165) is 56.4 Å². The van der Waals surface area contributed by atoms with Gasteiger partial charge in [-0.3, -0.25) is 0 Å². The number of anilines is 2. The zero-order valence-electron chi connectivity index (χ0n) is 19.3. The van der Waals surface area contributed by atoms with Gasteiger partial charge in [-0.05, 0) is 50.1 Å². The first-order chi connectivity index (χ1) is 16.6. The largest absolute Gasteiger partial charge is 0.363 e. The molecule has 5 aromatic rings. The first-order valence-corrected chi connectivity index (χ1v) is 12.1. The van der Waals surface area contributed by atoms with Crippen LogP contribution in [-0.4, -0.2) is 31.5 Å². The molecule has 0 saturated carbocycles. The van der Waals surface area contributed by atoms with Gasteiger partial charge in [0.1, 0.15) is 11.6 Å². The van der Waals surface area contributed by atoms with Crippen LogP contribution in [0.15, 0.2) is 66.4 Å². The van der Waals surface area contributed by atoms with Crippen molar-refractivity contribution in [2.75, 3.05) is 17.2 Å². The van der Waals surface area contributed by atoms with Crippen molar-refractivity contribution in [3.8, 4) is 22.4 Å². The number of thiazole rings is 1. The first kappa shape index (κ1) is 21.9. The third kappa shape index (κ3) is 4.72. The summed E-state index contributed by atoms with van der Waals surface area (Å²) >= 11 is 1.63. The highest BCUT2D eigenvalue weighted by molar-refractivity contribution is 7.16. The molecule has 0 aliphatic rings. The molecule has 0 aliphatic carbocycles. The van der Waals surface area contributed by atoms with Gasteiger partial charge in [-0.15, -0.1) is 11.3 Å². The summed E-state index contributed by atoms with van der Waals surface area (Å²) in [6.07, 6.45) is 3.70. The molecule has 0 spiro atoms. The smallest absolute Gasteiger partial charge is 0.222 e. The molecule has 3 heterocycles. The van der Waals surface area contributed by atoms with Crippen molar-refractivity contribution in [3.05, 3.63) is 77.8 Å². The van der Waals surface area contributed by atoms with Crippen LogP contribution in [0.5, 0.6) is 0 Å². The Labute approximate surface area is 202 Å². The van der Waals surface area contributed by atoms with Crippen LogP contribution in [0.3, 0.4) is 0 Å². The molecule has 0 radical (unpaired) electrons. The van der Waals surface area contributed by atoms with E-state index in [1.165, 1.54) is 0 Å². The average molecular weight is 468 g/mol. The zero-order chi connectivity index (χ0) is 23.5. The molecule has 2 aromatic carbocycles. The van der Waals surface area contributed by atoms with Gasteiger partial charge in [0, 0.05) is 42.2 Å². The third-order valence-corrected chi connectivity index (χ3v) is 6.33. The molecule has 2 N–H and O–H groups in total. The molecule has 5 rings (SSSR count). The summed E-state index contributed by atoms with van der Waals surface area (Å²) in [6.45, 7) is 6.87. The Morgan fingerprint density at radius 2 is 1.76 bits per heavy atom. The molecule has 3 aromatic heterocycles. The normalized spacial score (nSPS) is 12.0. The van der Waals surface area contributed by atoms with Crippen molar-refractivity contribution in [3.63, 3.8) is 0 Å². The van der Waals surface area contributed by atoms with E-state index in [2.05, 4.69) is 78.9 Å². The molecule has 0 bridgehead atoms. The lowest BCUT2D eigenvalue weighted by Crippen LogP contribution is -2.09. The van der Waals surface area contributed by atoms with Crippen molar-refractivity contribution >= 4 is 33.3 Å². The third-order valence-electron chi connectivity index (χ3n) is 5.54. The second kappa shape index (κ2) is 9.52. The van der Waals surface area contributed by atoms with Crippen LogP contribution in [0.1, 0.15) is 31.3 Å². The number of rotatable bonds is 7. The zero-order valence-corrected chi connectivity index (χ0v) is 20.1. The standard InChI is InChI=1S/C26H25N7S/c1-4-27-26-28-13-21(14-29-26)19-7-5-6-18(10-19)16(2)31-25-12-23(32-17(3)33-25)20-8-9-22-24(11-20)34-15-30-22/h5-16H,4H2,1-3H3,(H,27,28,29)(H,31,32,33). The number of aromatic nitrogens is 5. The molecule has 34 heavy (non-hydrogen) atoms. The van der Waals surface area contributed by atoms with Crippen LogP contribution in [-0.2, 0) is 0 Å². The number of fused-ring (bicyclic) bond motifs is 1. The van der Waals surface area contributed by atoms with Gasteiger partial charge in [-0.2, -0.15) is 0 Å². The van der Waals surface area contributed by atoms with Gasteiger partial charge in [0.25, 0.3) is 0 Å². The van der Waals surface area contributed by atoms with E-state index in [1.54, 1.807) is 11.3 Å². The van der Waals surface area contributed by atoms with Gasteiger partial charge in [0.05, 0.1) is 21.4 Å². The van der Waals surface area contributed by atoms with Crippen molar-refractivity contribution in [1.82, 2.24) is 24.9 Å². The van der Waals surface area contributed by atoms with E-state index in [1.807, 2.05) is 43.9 Å². The highest BCUT2D eigenvalue weighted by Gasteiger charge is 2.11. The van der Waals surface area contributed by atoms with E-state index in [0.29, 0.717) is 5.95 Å². The molecule has 7 nitrogen and oxygen atoms in total. The van der Waals surface area contributed by atoms with Gasteiger partial charge in [-0.1, -0.05) is 24.3 Å². The lowest BCUT2D eigenvalue weighted by molar-refractivity contribution is 0.868. The van der Waals surface area contributed by atoms with Crippen LogP contribution >= 0.6 is 11.3 Å². The molecule has 170 valence electrons. The first-order valence-electron chi connectivity index (χ1n) is 11.2. The summed E-state index contributed by atoms with van der Waals surface area (Å²) in [5.74, 6) is 2.16. The van der Waals surface area contributed by atoms with Gasteiger partial charge in [-0.25, -0.2) is 24.9 Å². The molecule has 8 heteroatoms. The van der Waals surface area contributed by atoms with Crippen LogP contribution < -0.4 is 10.6 Å². The number of benzene rings is 2. The Balaban J connectivity index is 1.38. The minimum Gasteiger partial charge on any atom is -0.363 e. The van der Waals surface area contributed by atoms with Crippen molar-refractivity contribution in [1.29, 1.82) is 0 Å². The minimum absolute atomic E-state index is 0.0491. The molecule has 1 unspecified atom stereocenters. The summed E-state index contributed by atoms with van der Waals surface area (Å²) in [5.41, 5.74) is 8.03. The topological polar surface area (TPSA) is 88.5 Å². The molecule has 0 aliphatic heterocycles. The second-order valence-corrected chi connectivity index (χ2v) is 8.92. The SMILES string of the molecule is CCNc1ncc(-c2cccc(C(C)Nc3cc(-c4ccc5ncsc5c4)nc(C)n3)c2)cn1. The fraction of sp³-hybridized carbons (Fsp3) is 0.192. The Morgan fingerprint density at radius 1 is 0.912 bits per heavy atom. The predicted octanol–water partition coefficient (Wildman–Crippen LogP) is 6.12. The second-order valence-electron chi connectivity index (χ2n) is 8.04. The summed E-state index contributed by atoms with van der Waals surface area (Å²) in [5, 5.41) is 6.67. The fourth-order valence-corrected chi connectivity index (χ4v) is 4.54. The number of nitrogens with zero attached hydrogens (tertiary/aromatic N) is 5. The van der Waals surface area contributed by atoms with Crippen LogP contribution in [0.4, 0.5) is 11.8 Å². The van der Waals surface area contributed by atoms with Crippen LogP contribution in [0, 0.1) is 6.92 Å². The van der Waals surface area contributed by atoms with Crippen molar-refractivity contribution < 1.29 is 0 Å². The predicted molar refractivity (Wildman–Crippen MR) is 139 cm³/mol. The van der Waals surface area contributed by atoms with E-state index < -0.39 is 0 Å². The van der Waals surface area contributed by atoms with Gasteiger partial charge >= 0.3 is 0 Å². The quantitative estimate of drug-likeness (QED) is 0.298. The highest BCUT2D eigenvalue weighted by atomic mass is 32.1. The number of hydrogen-bond donors (Lipinski definition) is 2. The minimum atomic E-state index is 0.0491. The van der Waals surface area contributed by atoms with Gasteiger partial charge in [0.15, 0.2) is 0 Å². The molecule has 0 fully saturated rings. The summed E-state index contributed by atoms with van der Waals surface area (Å²) in [7, 11) is 0. The summed E-state index contributed by atoms with van der Waals surface area (Å²) < 4.78 is 1.15.